The standard InChI is InChI=1S/C15H14Cl2N2O/c1-9-5-6-10(15(18)19)7-13(9)20-8-11-3-2-4-12(16)14(11)17/h2-7H,8H2,1H3,(H3,18,19). The zero-order valence-corrected chi connectivity index (χ0v) is 12.4. The zero-order chi connectivity index (χ0) is 14.7. The zero-order valence-electron chi connectivity index (χ0n) is 10.9. The Morgan fingerprint density at radius 2 is 2.00 bits per heavy atom. The van der Waals surface area contributed by atoms with Crippen LogP contribution in [0.1, 0.15) is 16.7 Å². The van der Waals surface area contributed by atoms with Gasteiger partial charge in [-0.15, -0.1) is 0 Å². The fraction of sp³-hybridized carbons (Fsp3) is 0.133. The van der Waals surface area contributed by atoms with Crippen molar-refractivity contribution in [2.45, 2.75) is 13.5 Å². The van der Waals surface area contributed by atoms with Crippen LogP contribution in [-0.4, -0.2) is 5.84 Å². The molecule has 0 aliphatic heterocycles. The van der Waals surface area contributed by atoms with Crippen LogP contribution in [-0.2, 0) is 6.61 Å². The van der Waals surface area contributed by atoms with E-state index in [1.807, 2.05) is 25.1 Å². The van der Waals surface area contributed by atoms with Gasteiger partial charge in [0.15, 0.2) is 0 Å². The van der Waals surface area contributed by atoms with Gasteiger partial charge in [-0.05, 0) is 24.6 Å². The highest BCUT2D eigenvalue weighted by molar-refractivity contribution is 6.42. The third-order valence-corrected chi connectivity index (χ3v) is 3.77. The first-order valence-corrected chi connectivity index (χ1v) is 6.75. The summed E-state index contributed by atoms with van der Waals surface area (Å²) in [6.45, 7) is 2.24. The quantitative estimate of drug-likeness (QED) is 0.658. The molecule has 0 heterocycles. The number of rotatable bonds is 4. The molecule has 0 unspecified atom stereocenters. The molecule has 2 aromatic rings. The SMILES string of the molecule is Cc1ccc(C(=N)N)cc1OCc1cccc(Cl)c1Cl. The monoisotopic (exact) mass is 308 g/mol. The molecule has 0 fully saturated rings. The molecule has 0 amide bonds. The van der Waals surface area contributed by atoms with Crippen molar-refractivity contribution in [3.63, 3.8) is 0 Å². The summed E-state index contributed by atoms with van der Waals surface area (Å²) in [5, 5.41) is 8.44. The Labute approximate surface area is 127 Å². The molecule has 0 radical (unpaired) electrons. The maximum absolute atomic E-state index is 7.44. The minimum atomic E-state index is 0.00985. The van der Waals surface area contributed by atoms with Crippen molar-refractivity contribution in [1.82, 2.24) is 0 Å². The number of hydrogen-bond acceptors (Lipinski definition) is 2. The smallest absolute Gasteiger partial charge is 0.123 e. The van der Waals surface area contributed by atoms with Gasteiger partial charge in [0.25, 0.3) is 0 Å². The van der Waals surface area contributed by atoms with Crippen LogP contribution >= 0.6 is 23.2 Å². The second-order valence-electron chi connectivity index (χ2n) is 4.40. The Balaban J connectivity index is 2.20. The van der Waals surface area contributed by atoms with Gasteiger partial charge in [-0.2, -0.15) is 0 Å². The summed E-state index contributed by atoms with van der Waals surface area (Å²) < 4.78 is 5.75. The average molecular weight is 309 g/mol. The number of benzene rings is 2. The molecule has 2 rings (SSSR count). The fourth-order valence-corrected chi connectivity index (χ4v) is 2.11. The van der Waals surface area contributed by atoms with Crippen LogP contribution in [0.3, 0.4) is 0 Å². The molecule has 3 N–H and O–H groups in total. The molecule has 0 bridgehead atoms. The molecule has 0 saturated carbocycles. The summed E-state index contributed by atoms with van der Waals surface area (Å²) in [5.41, 5.74) is 7.88. The van der Waals surface area contributed by atoms with Gasteiger partial charge in [-0.25, -0.2) is 0 Å². The van der Waals surface area contributed by atoms with Crippen molar-refractivity contribution >= 4 is 29.0 Å². The lowest BCUT2D eigenvalue weighted by Gasteiger charge is -2.12. The van der Waals surface area contributed by atoms with E-state index >= 15 is 0 Å². The maximum Gasteiger partial charge on any atom is 0.123 e. The van der Waals surface area contributed by atoms with E-state index in [0.29, 0.717) is 28.0 Å². The molecular weight excluding hydrogens is 295 g/mol. The third-order valence-electron chi connectivity index (χ3n) is 2.91. The highest BCUT2D eigenvalue weighted by Crippen LogP contribution is 2.27. The summed E-state index contributed by atoms with van der Waals surface area (Å²) in [6.07, 6.45) is 0. The van der Waals surface area contributed by atoms with Gasteiger partial charge in [0.1, 0.15) is 18.2 Å². The van der Waals surface area contributed by atoms with Crippen molar-refractivity contribution in [2.75, 3.05) is 0 Å². The van der Waals surface area contributed by atoms with Gasteiger partial charge in [0.2, 0.25) is 0 Å². The van der Waals surface area contributed by atoms with Crippen LogP contribution in [0.2, 0.25) is 10.0 Å². The molecular formula is C15H14Cl2N2O. The number of hydrogen-bond donors (Lipinski definition) is 2. The van der Waals surface area contributed by atoms with E-state index in [-0.39, 0.29) is 5.84 Å². The highest BCUT2D eigenvalue weighted by Gasteiger charge is 2.07. The molecule has 104 valence electrons. The summed E-state index contributed by atoms with van der Waals surface area (Å²) in [6, 6.07) is 10.8. The van der Waals surface area contributed by atoms with Crippen LogP contribution in [0.5, 0.6) is 5.75 Å². The number of aryl methyl sites for hydroxylation is 1. The minimum Gasteiger partial charge on any atom is -0.489 e. The fourth-order valence-electron chi connectivity index (χ4n) is 1.74. The molecule has 0 atom stereocenters. The molecule has 0 spiro atoms. The normalized spacial score (nSPS) is 10.3. The summed E-state index contributed by atoms with van der Waals surface area (Å²) in [4.78, 5) is 0. The van der Waals surface area contributed by atoms with E-state index in [1.165, 1.54) is 0 Å². The van der Waals surface area contributed by atoms with Crippen molar-refractivity contribution in [1.29, 1.82) is 5.41 Å². The van der Waals surface area contributed by atoms with Crippen LogP contribution in [0, 0.1) is 12.3 Å². The van der Waals surface area contributed by atoms with Crippen molar-refractivity contribution < 1.29 is 4.74 Å². The van der Waals surface area contributed by atoms with Crippen LogP contribution in [0.4, 0.5) is 0 Å². The maximum atomic E-state index is 7.44. The summed E-state index contributed by atoms with van der Waals surface area (Å²) in [5.74, 6) is 0.685. The van der Waals surface area contributed by atoms with E-state index < -0.39 is 0 Å². The molecule has 20 heavy (non-hydrogen) atoms. The molecule has 5 heteroatoms. The van der Waals surface area contributed by atoms with E-state index in [0.717, 1.165) is 11.1 Å². The Hall–Kier alpha value is -1.71. The van der Waals surface area contributed by atoms with Crippen molar-refractivity contribution in [3.8, 4) is 5.75 Å². The van der Waals surface area contributed by atoms with Crippen LogP contribution < -0.4 is 10.5 Å². The number of amidine groups is 1. The van der Waals surface area contributed by atoms with Gasteiger partial charge < -0.3 is 10.5 Å². The van der Waals surface area contributed by atoms with Crippen molar-refractivity contribution in [2.24, 2.45) is 5.73 Å². The Bertz CT molecular complexity index is 656. The van der Waals surface area contributed by atoms with Gasteiger partial charge >= 0.3 is 0 Å². The predicted octanol–water partition coefficient (Wildman–Crippen LogP) is 4.16. The van der Waals surface area contributed by atoms with E-state index in [1.54, 1.807) is 18.2 Å². The lowest BCUT2D eigenvalue weighted by molar-refractivity contribution is 0.304. The third kappa shape index (κ3) is 3.24. The number of halogens is 2. The Kier molecular flexibility index (Phi) is 4.53. The van der Waals surface area contributed by atoms with Crippen molar-refractivity contribution in [3.05, 3.63) is 63.1 Å². The Morgan fingerprint density at radius 3 is 2.70 bits per heavy atom. The largest absolute Gasteiger partial charge is 0.489 e. The lowest BCUT2D eigenvalue weighted by Crippen LogP contribution is -2.11. The van der Waals surface area contributed by atoms with E-state index in [9.17, 15) is 0 Å². The van der Waals surface area contributed by atoms with Crippen LogP contribution in [0.15, 0.2) is 36.4 Å². The first-order valence-electron chi connectivity index (χ1n) is 6.00. The predicted molar refractivity (Wildman–Crippen MR) is 83.0 cm³/mol. The summed E-state index contributed by atoms with van der Waals surface area (Å²) >= 11 is 12.1. The minimum absolute atomic E-state index is 0.00985. The molecule has 2 aromatic carbocycles. The van der Waals surface area contributed by atoms with Gasteiger partial charge in [-0.1, -0.05) is 47.5 Å². The molecule has 0 aliphatic carbocycles. The number of ether oxygens (including phenoxy) is 1. The molecule has 0 aromatic heterocycles. The summed E-state index contributed by atoms with van der Waals surface area (Å²) in [7, 11) is 0. The van der Waals surface area contributed by atoms with Gasteiger partial charge in [-0.3, -0.25) is 5.41 Å². The first kappa shape index (κ1) is 14.7. The van der Waals surface area contributed by atoms with Gasteiger partial charge in [0, 0.05) is 11.1 Å². The molecule has 0 aliphatic rings. The van der Waals surface area contributed by atoms with Crippen LogP contribution in [0.25, 0.3) is 0 Å². The molecule has 0 saturated heterocycles. The average Bonchev–Trinajstić information content (AvgIpc) is 2.41. The number of nitrogens with one attached hydrogen (secondary N) is 1. The first-order chi connectivity index (χ1) is 9.49. The Morgan fingerprint density at radius 1 is 1.25 bits per heavy atom. The lowest BCUT2D eigenvalue weighted by atomic mass is 10.1. The second kappa shape index (κ2) is 6.16. The topological polar surface area (TPSA) is 59.1 Å². The van der Waals surface area contributed by atoms with Gasteiger partial charge in [0.05, 0.1) is 10.0 Å². The number of nitrogens with two attached hydrogens (primary N) is 1. The van der Waals surface area contributed by atoms with E-state index in [4.69, 9.17) is 39.1 Å². The number of nitrogen functional groups attached to an aromatic ring is 1. The second-order valence-corrected chi connectivity index (χ2v) is 5.18. The van der Waals surface area contributed by atoms with E-state index in [2.05, 4.69) is 0 Å². The molecule has 3 nitrogen and oxygen atoms in total. The highest BCUT2D eigenvalue weighted by atomic mass is 35.5.